The van der Waals surface area contributed by atoms with Gasteiger partial charge in [-0.1, -0.05) is 18.2 Å². The summed E-state index contributed by atoms with van der Waals surface area (Å²) in [5.74, 6) is 0.0776. The number of rotatable bonds is 2. The van der Waals surface area contributed by atoms with Crippen molar-refractivity contribution in [1.29, 1.82) is 0 Å². The number of nitrogens with zero attached hydrogens (tertiary/aromatic N) is 3. The van der Waals surface area contributed by atoms with Crippen molar-refractivity contribution in [3.8, 4) is 5.69 Å². The summed E-state index contributed by atoms with van der Waals surface area (Å²) in [5.41, 5.74) is 3.76. The topological polar surface area (TPSA) is 50.2 Å². The summed E-state index contributed by atoms with van der Waals surface area (Å²) >= 11 is 0. The molecule has 1 aromatic carbocycles. The number of para-hydroxylation sites is 1. The second kappa shape index (κ2) is 6.94. The minimum absolute atomic E-state index is 0. The molecule has 1 amide bonds. The Kier molecular flexibility index (Phi) is 5.21. The van der Waals surface area contributed by atoms with Crippen LogP contribution in [0.2, 0.25) is 0 Å². The molecule has 0 bridgehead atoms. The quantitative estimate of drug-likeness (QED) is 0.920. The molecule has 118 valence electrons. The van der Waals surface area contributed by atoms with Crippen molar-refractivity contribution in [1.82, 2.24) is 20.0 Å². The van der Waals surface area contributed by atoms with Gasteiger partial charge in [0.15, 0.2) is 0 Å². The van der Waals surface area contributed by atoms with Crippen molar-refractivity contribution in [3.63, 3.8) is 0 Å². The second-order valence-electron chi connectivity index (χ2n) is 5.38. The zero-order chi connectivity index (χ0) is 14.8. The summed E-state index contributed by atoms with van der Waals surface area (Å²) < 4.78 is 1.85. The molecular formula is C16H21ClN4O. The molecule has 2 heterocycles. The SMILES string of the molecule is Cc1ccccc1-n1ncc(C(=O)N2CCNCC2)c1C.Cl. The van der Waals surface area contributed by atoms with E-state index in [0.717, 1.165) is 43.1 Å². The average Bonchev–Trinajstić information content (AvgIpc) is 2.89. The summed E-state index contributed by atoms with van der Waals surface area (Å²) in [5, 5.41) is 7.68. The lowest BCUT2D eigenvalue weighted by Gasteiger charge is -2.27. The van der Waals surface area contributed by atoms with E-state index in [1.165, 1.54) is 0 Å². The minimum atomic E-state index is 0. The van der Waals surface area contributed by atoms with Gasteiger partial charge in [-0.3, -0.25) is 4.79 Å². The molecule has 0 saturated carbocycles. The zero-order valence-electron chi connectivity index (χ0n) is 12.9. The number of benzene rings is 1. The van der Waals surface area contributed by atoms with Gasteiger partial charge in [-0.2, -0.15) is 5.10 Å². The highest BCUT2D eigenvalue weighted by Crippen LogP contribution is 2.18. The zero-order valence-corrected chi connectivity index (χ0v) is 13.7. The Balaban J connectivity index is 0.00000176. The fraction of sp³-hybridized carbons (Fsp3) is 0.375. The molecule has 0 unspecified atom stereocenters. The number of carbonyl (C=O) groups excluding carboxylic acids is 1. The monoisotopic (exact) mass is 320 g/mol. The van der Waals surface area contributed by atoms with Gasteiger partial charge >= 0.3 is 0 Å². The molecule has 0 spiro atoms. The first-order chi connectivity index (χ1) is 10.2. The molecule has 0 radical (unpaired) electrons. The molecule has 1 fully saturated rings. The highest BCUT2D eigenvalue weighted by molar-refractivity contribution is 5.95. The predicted octanol–water partition coefficient (Wildman–Crippen LogP) is 1.96. The first-order valence-electron chi connectivity index (χ1n) is 7.29. The van der Waals surface area contributed by atoms with E-state index < -0.39 is 0 Å². The molecular weight excluding hydrogens is 300 g/mol. The fourth-order valence-corrected chi connectivity index (χ4v) is 2.70. The van der Waals surface area contributed by atoms with Crippen LogP contribution in [0, 0.1) is 13.8 Å². The van der Waals surface area contributed by atoms with Gasteiger partial charge in [0.2, 0.25) is 0 Å². The molecule has 0 aliphatic carbocycles. The molecule has 1 aliphatic heterocycles. The standard InChI is InChI=1S/C16H20N4O.ClH/c1-12-5-3-4-6-15(12)20-13(2)14(11-18-20)16(21)19-9-7-17-8-10-19;/h3-6,11,17H,7-10H2,1-2H3;1H. The van der Waals surface area contributed by atoms with Gasteiger partial charge in [0.25, 0.3) is 5.91 Å². The van der Waals surface area contributed by atoms with Crippen molar-refractivity contribution in [2.75, 3.05) is 26.2 Å². The van der Waals surface area contributed by atoms with Crippen LogP contribution in [-0.4, -0.2) is 46.8 Å². The molecule has 1 aromatic heterocycles. The summed E-state index contributed by atoms with van der Waals surface area (Å²) in [7, 11) is 0. The molecule has 1 saturated heterocycles. The number of carbonyl (C=O) groups is 1. The summed E-state index contributed by atoms with van der Waals surface area (Å²) in [4.78, 5) is 14.5. The first-order valence-corrected chi connectivity index (χ1v) is 7.29. The van der Waals surface area contributed by atoms with Crippen LogP contribution in [-0.2, 0) is 0 Å². The van der Waals surface area contributed by atoms with Crippen LogP contribution >= 0.6 is 12.4 Å². The lowest BCUT2D eigenvalue weighted by Crippen LogP contribution is -2.46. The van der Waals surface area contributed by atoms with Gasteiger partial charge in [-0.15, -0.1) is 12.4 Å². The van der Waals surface area contributed by atoms with Crippen LogP contribution in [0.25, 0.3) is 5.69 Å². The normalized spacial score (nSPS) is 14.5. The largest absolute Gasteiger partial charge is 0.336 e. The molecule has 6 heteroatoms. The number of halogens is 1. The van der Waals surface area contributed by atoms with Crippen molar-refractivity contribution in [2.24, 2.45) is 0 Å². The van der Waals surface area contributed by atoms with Gasteiger partial charge in [0, 0.05) is 26.2 Å². The Morgan fingerprint density at radius 2 is 1.86 bits per heavy atom. The van der Waals surface area contributed by atoms with E-state index >= 15 is 0 Å². The van der Waals surface area contributed by atoms with Crippen LogP contribution < -0.4 is 5.32 Å². The summed E-state index contributed by atoms with van der Waals surface area (Å²) in [6.45, 7) is 7.23. The lowest BCUT2D eigenvalue weighted by molar-refractivity contribution is 0.0735. The highest BCUT2D eigenvalue weighted by Gasteiger charge is 2.22. The third-order valence-corrected chi connectivity index (χ3v) is 3.99. The number of nitrogens with one attached hydrogen (secondary N) is 1. The van der Waals surface area contributed by atoms with Crippen LogP contribution in [0.15, 0.2) is 30.5 Å². The molecule has 5 nitrogen and oxygen atoms in total. The Morgan fingerprint density at radius 3 is 2.55 bits per heavy atom. The van der Waals surface area contributed by atoms with Crippen molar-refractivity contribution >= 4 is 18.3 Å². The molecule has 0 atom stereocenters. The smallest absolute Gasteiger partial charge is 0.257 e. The first kappa shape index (κ1) is 16.5. The van der Waals surface area contributed by atoms with Crippen LogP contribution in [0.3, 0.4) is 0 Å². The lowest BCUT2D eigenvalue weighted by atomic mass is 10.2. The van der Waals surface area contributed by atoms with Gasteiger partial charge < -0.3 is 10.2 Å². The van der Waals surface area contributed by atoms with E-state index in [-0.39, 0.29) is 18.3 Å². The van der Waals surface area contributed by atoms with E-state index in [9.17, 15) is 4.79 Å². The molecule has 1 aliphatic rings. The molecule has 22 heavy (non-hydrogen) atoms. The van der Waals surface area contributed by atoms with E-state index in [2.05, 4.69) is 10.4 Å². The van der Waals surface area contributed by atoms with Gasteiger partial charge in [0.05, 0.1) is 23.1 Å². The van der Waals surface area contributed by atoms with Crippen LogP contribution in [0.1, 0.15) is 21.6 Å². The van der Waals surface area contributed by atoms with Crippen molar-refractivity contribution in [3.05, 3.63) is 47.3 Å². The van der Waals surface area contributed by atoms with Crippen molar-refractivity contribution < 1.29 is 4.79 Å². The number of hydrogen-bond donors (Lipinski definition) is 1. The van der Waals surface area contributed by atoms with E-state index in [0.29, 0.717) is 5.56 Å². The minimum Gasteiger partial charge on any atom is -0.336 e. The summed E-state index contributed by atoms with van der Waals surface area (Å²) in [6.07, 6.45) is 1.69. The number of hydrogen-bond acceptors (Lipinski definition) is 3. The number of piperazine rings is 1. The molecule has 2 aromatic rings. The maximum atomic E-state index is 12.6. The Labute approximate surface area is 136 Å². The van der Waals surface area contributed by atoms with E-state index in [1.807, 2.05) is 47.7 Å². The Morgan fingerprint density at radius 1 is 1.18 bits per heavy atom. The van der Waals surface area contributed by atoms with Gasteiger partial charge in [0.1, 0.15) is 0 Å². The van der Waals surface area contributed by atoms with Gasteiger partial charge in [-0.05, 0) is 25.5 Å². The van der Waals surface area contributed by atoms with E-state index in [4.69, 9.17) is 0 Å². The predicted molar refractivity (Wildman–Crippen MR) is 89.1 cm³/mol. The van der Waals surface area contributed by atoms with Crippen LogP contribution in [0.4, 0.5) is 0 Å². The number of aryl methyl sites for hydroxylation is 1. The van der Waals surface area contributed by atoms with Gasteiger partial charge in [-0.25, -0.2) is 4.68 Å². The highest BCUT2D eigenvalue weighted by atomic mass is 35.5. The Hall–Kier alpha value is -1.85. The fourth-order valence-electron chi connectivity index (χ4n) is 2.70. The molecule has 1 N–H and O–H groups in total. The molecule has 3 rings (SSSR count). The van der Waals surface area contributed by atoms with Crippen molar-refractivity contribution in [2.45, 2.75) is 13.8 Å². The van der Waals surface area contributed by atoms with E-state index in [1.54, 1.807) is 6.20 Å². The Bertz CT molecular complexity index is 662. The number of amides is 1. The maximum absolute atomic E-state index is 12.6. The third-order valence-electron chi connectivity index (χ3n) is 3.99. The number of aromatic nitrogens is 2. The second-order valence-corrected chi connectivity index (χ2v) is 5.38. The maximum Gasteiger partial charge on any atom is 0.257 e. The average molecular weight is 321 g/mol. The van der Waals surface area contributed by atoms with Crippen LogP contribution in [0.5, 0.6) is 0 Å². The summed E-state index contributed by atoms with van der Waals surface area (Å²) in [6, 6.07) is 8.06. The third kappa shape index (κ3) is 3.00.